The SMILES string of the molecule is COc1ccc([C@H]2c3[nH]c4ccccc4c3C[C@H]3C(=O)N(CCCCCCC(=O)NO)CC(=O)N23)c(OC)c1. The summed E-state index contributed by atoms with van der Waals surface area (Å²) < 4.78 is 11.1. The Bertz CT molecular complexity index is 1390. The van der Waals surface area contributed by atoms with Gasteiger partial charge in [-0.25, -0.2) is 5.48 Å². The highest BCUT2D eigenvalue weighted by molar-refractivity contribution is 5.97. The normalized spacial score (nSPS) is 18.6. The maximum atomic E-state index is 13.8. The minimum absolute atomic E-state index is 0.0206. The third-order valence-corrected chi connectivity index (χ3v) is 7.78. The van der Waals surface area contributed by atoms with Crippen LogP contribution in [0.5, 0.6) is 11.5 Å². The van der Waals surface area contributed by atoms with E-state index < -0.39 is 18.0 Å². The van der Waals surface area contributed by atoms with E-state index in [1.54, 1.807) is 35.6 Å². The number of H-pyrrole nitrogens is 1. The Kier molecular flexibility index (Phi) is 7.74. The number of nitrogens with zero attached hydrogens (tertiary/aromatic N) is 2. The highest BCUT2D eigenvalue weighted by Gasteiger charge is 2.48. The van der Waals surface area contributed by atoms with E-state index >= 15 is 0 Å². The maximum Gasteiger partial charge on any atom is 0.246 e. The monoisotopic (exact) mass is 534 g/mol. The molecular weight excluding hydrogens is 500 g/mol. The van der Waals surface area contributed by atoms with Crippen molar-refractivity contribution in [3.8, 4) is 11.5 Å². The lowest BCUT2D eigenvalue weighted by Gasteiger charge is -2.47. The van der Waals surface area contributed by atoms with Crippen LogP contribution in [0.15, 0.2) is 42.5 Å². The molecule has 0 spiro atoms. The van der Waals surface area contributed by atoms with Gasteiger partial charge in [0, 0.05) is 47.6 Å². The van der Waals surface area contributed by atoms with Gasteiger partial charge in [-0.15, -0.1) is 0 Å². The van der Waals surface area contributed by atoms with E-state index in [4.69, 9.17) is 14.7 Å². The number of ether oxygens (including phenoxy) is 2. The minimum atomic E-state index is -0.622. The Labute approximate surface area is 226 Å². The number of methoxy groups -OCH3 is 2. The van der Waals surface area contributed by atoms with Crippen molar-refractivity contribution in [1.29, 1.82) is 0 Å². The second-order valence-corrected chi connectivity index (χ2v) is 10.1. The molecule has 0 bridgehead atoms. The van der Waals surface area contributed by atoms with E-state index in [0.29, 0.717) is 30.9 Å². The molecule has 1 fully saturated rings. The van der Waals surface area contributed by atoms with Crippen LogP contribution in [0.2, 0.25) is 0 Å². The fraction of sp³-hybridized carbons (Fsp3) is 0.414. The average Bonchev–Trinajstić information content (AvgIpc) is 3.34. The Morgan fingerprint density at radius 2 is 1.87 bits per heavy atom. The smallest absolute Gasteiger partial charge is 0.246 e. The number of piperazine rings is 1. The van der Waals surface area contributed by atoms with Crippen LogP contribution in [0.25, 0.3) is 10.9 Å². The summed E-state index contributed by atoms with van der Waals surface area (Å²) in [6.07, 6.45) is 3.72. The molecular formula is C29H34N4O6. The number of fused-ring (bicyclic) bond motifs is 4. The van der Waals surface area contributed by atoms with Crippen molar-refractivity contribution < 1.29 is 29.1 Å². The lowest BCUT2D eigenvalue weighted by molar-refractivity contribution is -0.158. The van der Waals surface area contributed by atoms with Crippen molar-refractivity contribution in [2.75, 3.05) is 27.3 Å². The largest absolute Gasteiger partial charge is 0.497 e. The van der Waals surface area contributed by atoms with Crippen LogP contribution in [-0.4, -0.2) is 71.1 Å². The lowest BCUT2D eigenvalue weighted by Crippen LogP contribution is -2.63. The molecule has 0 saturated carbocycles. The molecule has 2 atom stereocenters. The summed E-state index contributed by atoms with van der Waals surface area (Å²) in [7, 11) is 3.18. The van der Waals surface area contributed by atoms with Crippen molar-refractivity contribution in [3.05, 3.63) is 59.3 Å². The van der Waals surface area contributed by atoms with Crippen molar-refractivity contribution in [1.82, 2.24) is 20.3 Å². The van der Waals surface area contributed by atoms with E-state index in [0.717, 1.165) is 47.0 Å². The summed E-state index contributed by atoms with van der Waals surface area (Å²) in [5.74, 6) is 0.671. The van der Waals surface area contributed by atoms with Gasteiger partial charge < -0.3 is 24.3 Å². The van der Waals surface area contributed by atoms with Crippen LogP contribution in [0.3, 0.4) is 0 Å². The predicted octanol–water partition coefficient (Wildman–Crippen LogP) is 3.33. The molecule has 2 aliphatic heterocycles. The van der Waals surface area contributed by atoms with Gasteiger partial charge in [0.25, 0.3) is 0 Å². The molecule has 0 aliphatic carbocycles. The average molecular weight is 535 g/mol. The molecule has 3 amide bonds. The van der Waals surface area contributed by atoms with Gasteiger partial charge in [0.15, 0.2) is 0 Å². The zero-order chi connectivity index (χ0) is 27.5. The number of rotatable bonds is 10. The number of amides is 3. The van der Waals surface area contributed by atoms with Crippen LogP contribution in [-0.2, 0) is 20.8 Å². The number of hydroxylamine groups is 1. The Hall–Kier alpha value is -4.05. The zero-order valence-electron chi connectivity index (χ0n) is 22.2. The molecule has 0 unspecified atom stereocenters. The van der Waals surface area contributed by atoms with Gasteiger partial charge in [0.05, 0.1) is 20.8 Å². The first-order valence-corrected chi connectivity index (χ1v) is 13.3. The number of hydrogen-bond donors (Lipinski definition) is 3. The number of hydrogen-bond acceptors (Lipinski definition) is 6. The summed E-state index contributed by atoms with van der Waals surface area (Å²) in [6.45, 7) is 0.505. The molecule has 10 heteroatoms. The quantitative estimate of drug-likeness (QED) is 0.208. The first-order valence-electron chi connectivity index (χ1n) is 13.3. The van der Waals surface area contributed by atoms with Crippen LogP contribution < -0.4 is 15.0 Å². The topological polar surface area (TPSA) is 124 Å². The number of para-hydroxylation sites is 1. The summed E-state index contributed by atoms with van der Waals surface area (Å²) >= 11 is 0. The van der Waals surface area contributed by atoms with Crippen LogP contribution in [0.1, 0.15) is 55.0 Å². The fourth-order valence-corrected chi connectivity index (χ4v) is 5.88. The third kappa shape index (κ3) is 5.04. The Morgan fingerprint density at radius 1 is 1.08 bits per heavy atom. The molecule has 3 heterocycles. The van der Waals surface area contributed by atoms with E-state index in [1.165, 1.54) is 0 Å². The summed E-state index contributed by atoms with van der Waals surface area (Å²) in [5, 5.41) is 9.66. The number of carbonyl (C=O) groups excluding carboxylic acids is 3. The molecule has 0 radical (unpaired) electrons. The lowest BCUT2D eigenvalue weighted by atomic mass is 9.85. The van der Waals surface area contributed by atoms with Gasteiger partial charge in [-0.1, -0.05) is 31.0 Å². The first-order chi connectivity index (χ1) is 19.0. The van der Waals surface area contributed by atoms with Gasteiger partial charge in [0.2, 0.25) is 17.7 Å². The number of aromatic amines is 1. The molecule has 39 heavy (non-hydrogen) atoms. The van der Waals surface area contributed by atoms with E-state index in [-0.39, 0.29) is 24.8 Å². The Balaban J connectivity index is 1.44. The molecule has 1 aromatic heterocycles. The molecule has 2 aliphatic rings. The Morgan fingerprint density at radius 3 is 2.64 bits per heavy atom. The standard InChI is InChI=1S/C29H34N4O6/c1-38-18-12-13-20(24(15-18)39-2)28-27-21(19-9-6-7-10-22(19)30-27)16-23-29(36)32(17-26(35)33(23)28)14-8-4-3-5-11-25(34)31-37/h6-7,9-10,12-13,15,23,28,30,37H,3-5,8,11,14,16-17H2,1-2H3,(H,31,34)/t23-,28-/m0/s1. The highest BCUT2D eigenvalue weighted by atomic mass is 16.5. The highest BCUT2D eigenvalue weighted by Crippen LogP contribution is 2.45. The van der Waals surface area contributed by atoms with E-state index in [2.05, 4.69) is 4.98 Å². The predicted molar refractivity (Wildman–Crippen MR) is 144 cm³/mol. The molecule has 10 nitrogen and oxygen atoms in total. The van der Waals surface area contributed by atoms with Crippen molar-refractivity contribution in [3.63, 3.8) is 0 Å². The summed E-state index contributed by atoms with van der Waals surface area (Å²) in [4.78, 5) is 45.7. The van der Waals surface area contributed by atoms with Crippen LogP contribution >= 0.6 is 0 Å². The number of unbranched alkanes of at least 4 members (excludes halogenated alkanes) is 3. The molecule has 1 saturated heterocycles. The molecule has 5 rings (SSSR count). The second kappa shape index (κ2) is 11.4. The zero-order valence-corrected chi connectivity index (χ0v) is 22.2. The van der Waals surface area contributed by atoms with Gasteiger partial charge >= 0.3 is 0 Å². The molecule has 2 aromatic carbocycles. The van der Waals surface area contributed by atoms with Crippen LogP contribution in [0, 0.1) is 0 Å². The van der Waals surface area contributed by atoms with Crippen molar-refractivity contribution in [2.45, 2.75) is 50.6 Å². The minimum Gasteiger partial charge on any atom is -0.497 e. The fourth-order valence-electron chi connectivity index (χ4n) is 5.88. The maximum absolute atomic E-state index is 13.8. The molecule has 3 N–H and O–H groups in total. The van der Waals surface area contributed by atoms with Gasteiger partial charge in [-0.3, -0.25) is 19.6 Å². The third-order valence-electron chi connectivity index (χ3n) is 7.78. The molecule has 3 aromatic rings. The van der Waals surface area contributed by atoms with Crippen LogP contribution in [0.4, 0.5) is 0 Å². The van der Waals surface area contributed by atoms with Gasteiger partial charge in [0.1, 0.15) is 23.6 Å². The summed E-state index contributed by atoms with van der Waals surface area (Å²) in [5.41, 5.74) is 5.33. The number of nitrogens with one attached hydrogen (secondary N) is 2. The number of carbonyl (C=O) groups is 3. The van der Waals surface area contributed by atoms with E-state index in [1.807, 2.05) is 36.4 Å². The van der Waals surface area contributed by atoms with Crippen molar-refractivity contribution >= 4 is 28.6 Å². The second-order valence-electron chi connectivity index (χ2n) is 10.1. The van der Waals surface area contributed by atoms with E-state index in [9.17, 15) is 14.4 Å². The first kappa shape index (κ1) is 26.6. The number of aromatic nitrogens is 1. The summed E-state index contributed by atoms with van der Waals surface area (Å²) in [6, 6.07) is 12.4. The number of benzene rings is 2. The molecule has 206 valence electrons. The van der Waals surface area contributed by atoms with Gasteiger partial charge in [-0.05, 0) is 36.6 Å². The van der Waals surface area contributed by atoms with Crippen molar-refractivity contribution in [2.24, 2.45) is 0 Å². The van der Waals surface area contributed by atoms with Gasteiger partial charge in [-0.2, -0.15) is 0 Å².